The van der Waals surface area contributed by atoms with Gasteiger partial charge in [-0.2, -0.15) is 5.26 Å². The van der Waals surface area contributed by atoms with Gasteiger partial charge in [-0.15, -0.1) is 0 Å². The van der Waals surface area contributed by atoms with Crippen molar-refractivity contribution in [2.24, 2.45) is 5.73 Å². The van der Waals surface area contributed by atoms with Gasteiger partial charge in [-0.25, -0.2) is 19.3 Å². The summed E-state index contributed by atoms with van der Waals surface area (Å²) in [7, 11) is 0. The minimum Gasteiger partial charge on any atom is -0.456 e. The van der Waals surface area contributed by atoms with Crippen LogP contribution in [0.1, 0.15) is 16.8 Å². The third-order valence-electron chi connectivity index (χ3n) is 4.79. The molecule has 1 fully saturated rings. The number of halogens is 1. The molecule has 3 heterocycles. The van der Waals surface area contributed by atoms with Crippen molar-refractivity contribution in [2.45, 2.75) is 19.5 Å². The Kier molecular flexibility index (Phi) is 5.55. The third kappa shape index (κ3) is 4.21. The molecular formula is C22H21FN6O. The van der Waals surface area contributed by atoms with Gasteiger partial charge >= 0.3 is 0 Å². The number of ether oxygens (including phenoxy) is 1. The molecule has 2 N–H and O–H groups in total. The second-order valence-electron chi connectivity index (χ2n) is 7.18. The molecule has 0 aliphatic carbocycles. The lowest BCUT2D eigenvalue weighted by molar-refractivity contribution is 0.273. The Morgan fingerprint density at radius 1 is 1.23 bits per heavy atom. The molecule has 4 rings (SSSR count). The summed E-state index contributed by atoms with van der Waals surface area (Å²) in [5.74, 6) is 2.17. The number of aryl methyl sites for hydroxylation is 1. The number of hydrogen-bond acceptors (Lipinski definition) is 7. The maximum atomic E-state index is 13.2. The number of pyridine rings is 1. The Balaban J connectivity index is 1.67. The predicted octanol–water partition coefficient (Wildman–Crippen LogP) is 3.17. The summed E-state index contributed by atoms with van der Waals surface area (Å²) in [5, 5.41) is 9.31. The second kappa shape index (κ2) is 8.43. The lowest BCUT2D eigenvalue weighted by Gasteiger charge is -2.35. The van der Waals surface area contributed by atoms with Gasteiger partial charge in [0.15, 0.2) is 5.82 Å². The number of rotatable bonds is 6. The molecular weight excluding hydrogens is 383 g/mol. The highest BCUT2D eigenvalue weighted by molar-refractivity contribution is 5.66. The average molecular weight is 404 g/mol. The number of anilines is 1. The first kappa shape index (κ1) is 19.7. The van der Waals surface area contributed by atoms with Gasteiger partial charge in [0.25, 0.3) is 0 Å². The molecule has 8 heteroatoms. The molecule has 0 amide bonds. The SMILES string of the molecule is Cc1cc(Oc2cc(C#N)ccc2-c2ncc(CCN)cn2)cc(N2CC(F)C2)n1. The van der Waals surface area contributed by atoms with Crippen molar-refractivity contribution in [1.29, 1.82) is 5.26 Å². The molecule has 1 aliphatic rings. The van der Waals surface area contributed by atoms with Gasteiger partial charge in [-0.1, -0.05) is 0 Å². The summed E-state index contributed by atoms with van der Waals surface area (Å²) in [4.78, 5) is 15.2. The monoisotopic (exact) mass is 404 g/mol. The zero-order chi connectivity index (χ0) is 21.1. The number of aromatic nitrogens is 3. The maximum Gasteiger partial charge on any atom is 0.162 e. The van der Waals surface area contributed by atoms with Gasteiger partial charge in [0, 0.05) is 30.2 Å². The van der Waals surface area contributed by atoms with Crippen LogP contribution in [0.25, 0.3) is 11.4 Å². The molecule has 0 atom stereocenters. The molecule has 1 saturated heterocycles. The van der Waals surface area contributed by atoms with Crippen LogP contribution in [-0.2, 0) is 6.42 Å². The average Bonchev–Trinajstić information content (AvgIpc) is 2.72. The largest absolute Gasteiger partial charge is 0.456 e. The summed E-state index contributed by atoms with van der Waals surface area (Å²) < 4.78 is 19.4. The van der Waals surface area contributed by atoms with E-state index >= 15 is 0 Å². The first-order valence-electron chi connectivity index (χ1n) is 9.67. The molecule has 1 aliphatic heterocycles. The van der Waals surface area contributed by atoms with E-state index in [2.05, 4.69) is 21.0 Å². The summed E-state index contributed by atoms with van der Waals surface area (Å²) in [6.45, 7) is 3.04. The van der Waals surface area contributed by atoms with Crippen LogP contribution in [0.2, 0.25) is 0 Å². The van der Waals surface area contributed by atoms with Crippen LogP contribution in [0.4, 0.5) is 10.2 Å². The van der Waals surface area contributed by atoms with Crippen LogP contribution in [0, 0.1) is 18.3 Å². The molecule has 0 bridgehead atoms. The van der Waals surface area contributed by atoms with E-state index in [1.807, 2.05) is 11.8 Å². The van der Waals surface area contributed by atoms with Crippen LogP contribution < -0.4 is 15.4 Å². The lowest BCUT2D eigenvalue weighted by Crippen LogP contribution is -2.48. The Morgan fingerprint density at radius 2 is 2.00 bits per heavy atom. The van der Waals surface area contributed by atoms with Gasteiger partial charge in [0.1, 0.15) is 23.5 Å². The van der Waals surface area contributed by atoms with E-state index in [-0.39, 0.29) is 0 Å². The van der Waals surface area contributed by atoms with E-state index in [0.29, 0.717) is 60.3 Å². The highest BCUT2D eigenvalue weighted by Crippen LogP contribution is 2.34. The number of hydrogen-bond donors (Lipinski definition) is 1. The van der Waals surface area contributed by atoms with Crippen LogP contribution in [0.5, 0.6) is 11.5 Å². The van der Waals surface area contributed by atoms with Gasteiger partial charge < -0.3 is 15.4 Å². The molecule has 2 aromatic heterocycles. The fourth-order valence-corrected chi connectivity index (χ4v) is 3.23. The van der Waals surface area contributed by atoms with E-state index < -0.39 is 6.17 Å². The van der Waals surface area contributed by atoms with Crippen molar-refractivity contribution < 1.29 is 9.13 Å². The zero-order valence-electron chi connectivity index (χ0n) is 16.5. The molecule has 0 unspecified atom stereocenters. The third-order valence-corrected chi connectivity index (χ3v) is 4.79. The summed E-state index contributed by atoms with van der Waals surface area (Å²) in [5.41, 5.74) is 8.41. The van der Waals surface area contributed by atoms with E-state index in [9.17, 15) is 9.65 Å². The standard InChI is InChI=1S/C22H21FN6O/c1-14-6-18(8-21(28-14)29-12-17(23)13-29)30-20-7-15(9-25)2-3-19(20)22-26-10-16(4-5-24)11-27-22/h2-3,6-8,10-11,17H,4-5,12-13,24H2,1H3. The molecule has 3 aromatic rings. The first-order valence-corrected chi connectivity index (χ1v) is 9.67. The highest BCUT2D eigenvalue weighted by atomic mass is 19.1. The fraction of sp³-hybridized carbons (Fsp3) is 0.273. The van der Waals surface area contributed by atoms with Crippen molar-refractivity contribution in [3.05, 3.63) is 59.5 Å². The highest BCUT2D eigenvalue weighted by Gasteiger charge is 2.27. The van der Waals surface area contributed by atoms with E-state index in [0.717, 1.165) is 11.3 Å². The van der Waals surface area contributed by atoms with Crippen LogP contribution in [0.15, 0.2) is 42.7 Å². The zero-order valence-corrected chi connectivity index (χ0v) is 16.5. The molecule has 0 spiro atoms. The Labute approximate surface area is 174 Å². The summed E-state index contributed by atoms with van der Waals surface area (Å²) in [6, 6.07) is 10.8. The number of nitrogens with zero attached hydrogens (tertiary/aromatic N) is 5. The topological polar surface area (TPSA) is 101 Å². The van der Waals surface area contributed by atoms with Gasteiger partial charge in [-0.3, -0.25) is 0 Å². The van der Waals surface area contributed by atoms with Crippen LogP contribution in [0.3, 0.4) is 0 Å². The molecule has 0 saturated carbocycles. The predicted molar refractivity (Wildman–Crippen MR) is 111 cm³/mol. The van der Waals surface area contributed by atoms with Gasteiger partial charge in [0.2, 0.25) is 0 Å². The summed E-state index contributed by atoms with van der Waals surface area (Å²) in [6.07, 6.45) is 3.36. The van der Waals surface area contributed by atoms with Crippen LogP contribution in [-0.4, -0.2) is 40.8 Å². The summed E-state index contributed by atoms with van der Waals surface area (Å²) >= 11 is 0. The number of nitrogens with two attached hydrogens (primary N) is 1. The van der Waals surface area contributed by atoms with Crippen molar-refractivity contribution in [2.75, 3.05) is 24.5 Å². The Hall–Kier alpha value is -3.57. The molecule has 152 valence electrons. The second-order valence-corrected chi connectivity index (χ2v) is 7.18. The van der Waals surface area contributed by atoms with Gasteiger partial charge in [0.05, 0.1) is 30.3 Å². The lowest BCUT2D eigenvalue weighted by atomic mass is 10.1. The maximum absolute atomic E-state index is 13.2. The molecule has 30 heavy (non-hydrogen) atoms. The number of benzene rings is 1. The quantitative estimate of drug-likeness (QED) is 0.673. The number of alkyl halides is 1. The van der Waals surface area contributed by atoms with E-state index in [1.165, 1.54) is 0 Å². The van der Waals surface area contributed by atoms with Crippen molar-refractivity contribution in [3.8, 4) is 29.0 Å². The number of nitriles is 1. The van der Waals surface area contributed by atoms with E-state index in [1.54, 1.807) is 42.7 Å². The molecule has 7 nitrogen and oxygen atoms in total. The normalized spacial score (nSPS) is 13.6. The van der Waals surface area contributed by atoms with Crippen LogP contribution >= 0.6 is 0 Å². The van der Waals surface area contributed by atoms with Gasteiger partial charge in [-0.05, 0) is 43.7 Å². The Morgan fingerprint density at radius 3 is 2.67 bits per heavy atom. The minimum absolute atomic E-state index is 0.327. The van der Waals surface area contributed by atoms with Crippen molar-refractivity contribution >= 4 is 5.82 Å². The van der Waals surface area contributed by atoms with E-state index in [4.69, 9.17) is 10.5 Å². The fourth-order valence-electron chi connectivity index (χ4n) is 3.23. The Bertz CT molecular complexity index is 1090. The first-order chi connectivity index (χ1) is 14.6. The molecule has 0 radical (unpaired) electrons. The minimum atomic E-state index is -0.824. The van der Waals surface area contributed by atoms with Crippen molar-refractivity contribution in [3.63, 3.8) is 0 Å². The molecule has 1 aromatic carbocycles. The van der Waals surface area contributed by atoms with Crippen molar-refractivity contribution in [1.82, 2.24) is 15.0 Å². The smallest absolute Gasteiger partial charge is 0.162 e.